The maximum atomic E-state index is 13.9. The SMILES string of the molecule is CCc1ccc(C=Cc2cc(F)cc(-c3ccncc3)c2)cc1. The zero-order valence-electron chi connectivity index (χ0n) is 13.0. The number of aromatic nitrogens is 1. The fraction of sp³-hybridized carbons (Fsp3) is 0.0952. The summed E-state index contributed by atoms with van der Waals surface area (Å²) in [4.78, 5) is 4.00. The standard InChI is InChI=1S/C21H18FN/c1-2-16-3-5-17(6-4-16)7-8-18-13-20(15-21(22)14-18)19-9-11-23-12-10-19/h3-15H,2H2,1H3. The van der Waals surface area contributed by atoms with Gasteiger partial charge in [0.25, 0.3) is 0 Å². The lowest BCUT2D eigenvalue weighted by Gasteiger charge is -2.04. The Bertz CT molecular complexity index is 805. The minimum absolute atomic E-state index is 0.236. The first kappa shape index (κ1) is 15.2. The molecule has 0 N–H and O–H groups in total. The van der Waals surface area contributed by atoms with Gasteiger partial charge in [0.05, 0.1) is 0 Å². The normalized spacial score (nSPS) is 11.0. The van der Waals surface area contributed by atoms with Crippen LogP contribution in [0.25, 0.3) is 23.3 Å². The molecule has 0 aliphatic rings. The molecular weight excluding hydrogens is 285 g/mol. The van der Waals surface area contributed by atoms with Gasteiger partial charge < -0.3 is 0 Å². The molecule has 114 valence electrons. The first-order chi connectivity index (χ1) is 11.2. The average Bonchev–Trinajstić information content (AvgIpc) is 2.61. The highest BCUT2D eigenvalue weighted by atomic mass is 19.1. The summed E-state index contributed by atoms with van der Waals surface area (Å²) in [6.07, 6.45) is 8.40. The minimum atomic E-state index is -0.236. The van der Waals surface area contributed by atoms with Crippen LogP contribution in [0.1, 0.15) is 23.6 Å². The van der Waals surface area contributed by atoms with Crippen LogP contribution in [0, 0.1) is 5.82 Å². The summed E-state index contributed by atoms with van der Waals surface area (Å²) < 4.78 is 13.9. The van der Waals surface area contributed by atoms with E-state index in [9.17, 15) is 4.39 Å². The molecule has 23 heavy (non-hydrogen) atoms. The molecule has 0 bridgehead atoms. The quantitative estimate of drug-likeness (QED) is 0.570. The fourth-order valence-electron chi connectivity index (χ4n) is 2.48. The van der Waals surface area contributed by atoms with Crippen LogP contribution in [0.5, 0.6) is 0 Å². The Labute approximate surface area is 136 Å². The van der Waals surface area contributed by atoms with Gasteiger partial charge in [0.1, 0.15) is 5.82 Å². The molecule has 1 nitrogen and oxygen atoms in total. The molecule has 0 fully saturated rings. The Kier molecular flexibility index (Phi) is 4.62. The monoisotopic (exact) mass is 303 g/mol. The van der Waals surface area contributed by atoms with Crippen molar-refractivity contribution in [2.45, 2.75) is 13.3 Å². The fourth-order valence-corrected chi connectivity index (χ4v) is 2.48. The lowest BCUT2D eigenvalue weighted by Crippen LogP contribution is -1.84. The van der Waals surface area contributed by atoms with E-state index in [2.05, 4.69) is 36.2 Å². The zero-order valence-corrected chi connectivity index (χ0v) is 13.0. The highest BCUT2D eigenvalue weighted by Crippen LogP contribution is 2.22. The first-order valence-corrected chi connectivity index (χ1v) is 7.72. The molecule has 0 aliphatic heterocycles. The Balaban J connectivity index is 1.87. The molecule has 3 rings (SSSR count). The van der Waals surface area contributed by atoms with Gasteiger partial charge in [0.2, 0.25) is 0 Å². The third-order valence-corrected chi connectivity index (χ3v) is 3.79. The second-order valence-corrected chi connectivity index (χ2v) is 5.44. The van der Waals surface area contributed by atoms with Crippen molar-refractivity contribution in [2.24, 2.45) is 0 Å². The highest BCUT2D eigenvalue weighted by molar-refractivity contribution is 5.73. The number of rotatable bonds is 4. The van der Waals surface area contributed by atoms with E-state index in [1.165, 1.54) is 5.56 Å². The van der Waals surface area contributed by atoms with Crippen molar-refractivity contribution < 1.29 is 4.39 Å². The molecule has 1 heterocycles. The third-order valence-electron chi connectivity index (χ3n) is 3.79. The van der Waals surface area contributed by atoms with Gasteiger partial charge in [-0.15, -0.1) is 0 Å². The number of halogens is 1. The van der Waals surface area contributed by atoms with Gasteiger partial charge in [0.15, 0.2) is 0 Å². The van der Waals surface area contributed by atoms with Crippen molar-refractivity contribution in [3.63, 3.8) is 0 Å². The highest BCUT2D eigenvalue weighted by Gasteiger charge is 2.01. The smallest absolute Gasteiger partial charge is 0.124 e. The molecule has 0 atom stereocenters. The van der Waals surface area contributed by atoms with E-state index in [1.54, 1.807) is 24.5 Å². The number of hydrogen-bond acceptors (Lipinski definition) is 1. The van der Waals surface area contributed by atoms with Crippen molar-refractivity contribution in [2.75, 3.05) is 0 Å². The Morgan fingerprint density at radius 1 is 0.826 bits per heavy atom. The van der Waals surface area contributed by atoms with Gasteiger partial charge in [-0.3, -0.25) is 4.98 Å². The van der Waals surface area contributed by atoms with E-state index in [4.69, 9.17) is 0 Å². The lowest BCUT2D eigenvalue weighted by atomic mass is 10.0. The van der Waals surface area contributed by atoms with Crippen LogP contribution in [0.15, 0.2) is 67.0 Å². The Morgan fingerprint density at radius 2 is 1.52 bits per heavy atom. The molecule has 0 saturated carbocycles. The van der Waals surface area contributed by atoms with Crippen LogP contribution in [0.4, 0.5) is 4.39 Å². The van der Waals surface area contributed by atoms with Crippen LogP contribution in [0.2, 0.25) is 0 Å². The van der Waals surface area contributed by atoms with Crippen molar-refractivity contribution in [3.05, 3.63) is 89.5 Å². The number of nitrogens with zero attached hydrogens (tertiary/aromatic N) is 1. The van der Waals surface area contributed by atoms with Crippen LogP contribution in [-0.2, 0) is 6.42 Å². The summed E-state index contributed by atoms with van der Waals surface area (Å²) in [5.41, 5.74) is 5.08. The summed E-state index contributed by atoms with van der Waals surface area (Å²) in [5, 5.41) is 0. The summed E-state index contributed by atoms with van der Waals surface area (Å²) in [6, 6.07) is 17.2. The molecule has 0 saturated heterocycles. The van der Waals surface area contributed by atoms with E-state index >= 15 is 0 Å². The van der Waals surface area contributed by atoms with Gasteiger partial charge in [-0.1, -0.05) is 43.3 Å². The predicted octanol–water partition coefficient (Wildman–Crippen LogP) is 5.62. The average molecular weight is 303 g/mol. The van der Waals surface area contributed by atoms with Gasteiger partial charge in [-0.25, -0.2) is 4.39 Å². The third kappa shape index (κ3) is 3.92. The Hall–Kier alpha value is -2.74. The number of benzene rings is 2. The van der Waals surface area contributed by atoms with Crippen molar-refractivity contribution in [1.82, 2.24) is 4.98 Å². The van der Waals surface area contributed by atoms with E-state index in [-0.39, 0.29) is 5.82 Å². The van der Waals surface area contributed by atoms with Crippen LogP contribution < -0.4 is 0 Å². The van der Waals surface area contributed by atoms with Crippen molar-refractivity contribution in [3.8, 4) is 11.1 Å². The molecule has 0 spiro atoms. The Morgan fingerprint density at radius 3 is 2.22 bits per heavy atom. The van der Waals surface area contributed by atoms with Crippen LogP contribution >= 0.6 is 0 Å². The molecule has 3 aromatic rings. The van der Waals surface area contributed by atoms with Crippen LogP contribution in [-0.4, -0.2) is 4.98 Å². The second kappa shape index (κ2) is 7.01. The van der Waals surface area contributed by atoms with E-state index in [0.29, 0.717) is 0 Å². The van der Waals surface area contributed by atoms with Gasteiger partial charge in [0, 0.05) is 12.4 Å². The predicted molar refractivity (Wildman–Crippen MR) is 94.4 cm³/mol. The molecule has 2 aromatic carbocycles. The molecule has 0 amide bonds. The molecule has 1 aromatic heterocycles. The summed E-state index contributed by atoms with van der Waals surface area (Å²) in [6.45, 7) is 2.14. The zero-order chi connectivity index (χ0) is 16.1. The number of pyridine rings is 1. The van der Waals surface area contributed by atoms with Gasteiger partial charge in [-0.05, 0) is 64.6 Å². The maximum Gasteiger partial charge on any atom is 0.124 e. The largest absolute Gasteiger partial charge is 0.265 e. The second-order valence-electron chi connectivity index (χ2n) is 5.44. The summed E-state index contributed by atoms with van der Waals surface area (Å²) in [5.74, 6) is -0.236. The first-order valence-electron chi connectivity index (χ1n) is 7.72. The number of aryl methyl sites for hydroxylation is 1. The summed E-state index contributed by atoms with van der Waals surface area (Å²) in [7, 11) is 0. The molecule has 2 heteroatoms. The van der Waals surface area contributed by atoms with Gasteiger partial charge >= 0.3 is 0 Å². The molecule has 0 aliphatic carbocycles. The van der Waals surface area contributed by atoms with Crippen LogP contribution in [0.3, 0.4) is 0 Å². The van der Waals surface area contributed by atoms with Crippen molar-refractivity contribution >= 4 is 12.2 Å². The van der Waals surface area contributed by atoms with Gasteiger partial charge in [-0.2, -0.15) is 0 Å². The number of hydrogen-bond donors (Lipinski definition) is 0. The lowest BCUT2D eigenvalue weighted by molar-refractivity contribution is 0.628. The van der Waals surface area contributed by atoms with E-state index in [0.717, 1.165) is 28.7 Å². The summed E-state index contributed by atoms with van der Waals surface area (Å²) >= 11 is 0. The van der Waals surface area contributed by atoms with E-state index in [1.807, 2.05) is 30.4 Å². The molecule has 0 radical (unpaired) electrons. The molecular formula is C21H18FN. The minimum Gasteiger partial charge on any atom is -0.265 e. The van der Waals surface area contributed by atoms with E-state index < -0.39 is 0 Å². The molecule has 0 unspecified atom stereocenters. The topological polar surface area (TPSA) is 12.9 Å². The maximum absolute atomic E-state index is 13.9. The van der Waals surface area contributed by atoms with Crippen molar-refractivity contribution in [1.29, 1.82) is 0 Å².